The Balaban J connectivity index is 1.80. The summed E-state index contributed by atoms with van der Waals surface area (Å²) in [6.07, 6.45) is 17.4. The first-order chi connectivity index (χ1) is 13.9. The van der Waals surface area contributed by atoms with Gasteiger partial charge in [-0.15, -0.1) is 0 Å². The van der Waals surface area contributed by atoms with E-state index in [1.54, 1.807) is 0 Å². The van der Waals surface area contributed by atoms with Crippen LogP contribution in [0.3, 0.4) is 0 Å². The molecular weight excluding hydrogens is 462 g/mol. The van der Waals surface area contributed by atoms with E-state index in [-0.39, 0.29) is 5.41 Å². The van der Waals surface area contributed by atoms with E-state index in [0.717, 1.165) is 42.9 Å². The summed E-state index contributed by atoms with van der Waals surface area (Å²) in [5.41, 5.74) is 0.634. The van der Waals surface area contributed by atoms with Crippen LogP contribution >= 0.6 is 0 Å². The predicted octanol–water partition coefficient (Wildman–Crippen LogP) is 7.19. The molecular formula is C27H45OSb. The molecule has 0 spiro atoms. The quantitative estimate of drug-likeness (QED) is 0.298. The van der Waals surface area contributed by atoms with Gasteiger partial charge in [0.2, 0.25) is 0 Å². The SMILES string of the molecule is C=CCC1(CC=C)[C@H]2C(CC[C@@H]3[C@@H]2CC[C@]2(C)CCC[C@@H]32)[CH2][Sb]([CH2]C)[C]1(O)CC. The molecule has 3 saturated carbocycles. The van der Waals surface area contributed by atoms with Crippen LogP contribution in [0.2, 0.25) is 8.73 Å². The normalized spacial score (nSPS) is 46.4. The maximum absolute atomic E-state index is 12.5. The molecule has 2 heteroatoms. The van der Waals surface area contributed by atoms with E-state index in [9.17, 15) is 5.11 Å². The fourth-order valence-electron chi connectivity index (χ4n) is 9.35. The van der Waals surface area contributed by atoms with E-state index in [0.29, 0.717) is 11.3 Å². The van der Waals surface area contributed by atoms with Crippen LogP contribution in [0.25, 0.3) is 0 Å². The third-order valence-corrected chi connectivity index (χ3v) is 20.4. The molecule has 1 nitrogen and oxygen atoms in total. The molecule has 1 heterocycles. The summed E-state index contributed by atoms with van der Waals surface area (Å²) in [5, 5.41) is 12.5. The van der Waals surface area contributed by atoms with Crippen LogP contribution < -0.4 is 0 Å². The summed E-state index contributed by atoms with van der Waals surface area (Å²) in [6.45, 7) is 15.7. The minimum atomic E-state index is -1.78. The summed E-state index contributed by atoms with van der Waals surface area (Å²) in [5.74, 6) is 4.27. The van der Waals surface area contributed by atoms with Crippen LogP contribution in [0.1, 0.15) is 85.0 Å². The zero-order valence-corrected chi connectivity index (χ0v) is 21.9. The predicted molar refractivity (Wildman–Crippen MR) is 126 cm³/mol. The molecule has 4 aliphatic rings. The Morgan fingerprint density at radius 2 is 1.72 bits per heavy atom. The number of allylic oxidation sites excluding steroid dienone is 2. The standard InChI is InChI=1S/C25H40O.C2H5.Sb/c1-6-14-25(15-7-2,22(26)8-3)23-18(4)11-12-19-20(23)13-17-24(5)16-9-10-21(19)24;1-2;/h6-7,18-21,23,26H,1-2,4,8-17H2,3,5H3;1H2,2H3;/t18?,19-,20+,21+,23+,24+;;/m1../s1. The van der Waals surface area contributed by atoms with Crippen molar-refractivity contribution >= 4 is 20.2 Å². The van der Waals surface area contributed by atoms with Gasteiger partial charge in [0.1, 0.15) is 0 Å². The first-order valence-corrected chi connectivity index (χ1v) is 17.5. The molecule has 4 rings (SSSR count). The van der Waals surface area contributed by atoms with E-state index < -0.39 is 23.8 Å². The Hall–Kier alpha value is 0.258. The number of hydrogen-bond acceptors (Lipinski definition) is 1. The molecule has 4 fully saturated rings. The molecule has 1 N–H and O–H groups in total. The minimum absolute atomic E-state index is 0.0165. The first kappa shape index (κ1) is 22.5. The molecule has 0 amide bonds. The van der Waals surface area contributed by atoms with Gasteiger partial charge in [0.05, 0.1) is 0 Å². The van der Waals surface area contributed by atoms with Gasteiger partial charge in [0, 0.05) is 0 Å². The van der Waals surface area contributed by atoms with Crippen molar-refractivity contribution in [2.24, 2.45) is 40.4 Å². The zero-order chi connectivity index (χ0) is 20.9. The van der Waals surface area contributed by atoms with Crippen LogP contribution in [0, 0.1) is 40.4 Å². The van der Waals surface area contributed by atoms with Gasteiger partial charge in [-0.1, -0.05) is 0 Å². The number of hydrogen-bond donors (Lipinski definition) is 1. The molecule has 0 radical (unpaired) electrons. The Bertz CT molecular complexity index is 618. The van der Waals surface area contributed by atoms with Gasteiger partial charge in [0.15, 0.2) is 0 Å². The van der Waals surface area contributed by atoms with Gasteiger partial charge in [-0.25, -0.2) is 0 Å². The van der Waals surface area contributed by atoms with Crippen molar-refractivity contribution in [3.05, 3.63) is 25.3 Å². The van der Waals surface area contributed by atoms with Crippen LogP contribution in [0.15, 0.2) is 25.3 Å². The van der Waals surface area contributed by atoms with E-state index in [4.69, 9.17) is 0 Å². The zero-order valence-electron chi connectivity index (χ0n) is 19.3. The average molecular weight is 507 g/mol. The molecule has 1 aliphatic heterocycles. The Labute approximate surface area is 187 Å². The number of fused-ring (bicyclic) bond motifs is 5. The Morgan fingerprint density at radius 1 is 1.00 bits per heavy atom. The molecule has 3 aliphatic carbocycles. The second kappa shape index (κ2) is 8.31. The second-order valence-electron chi connectivity index (χ2n) is 11.2. The molecule has 0 aromatic heterocycles. The van der Waals surface area contributed by atoms with Crippen LogP contribution in [0.5, 0.6) is 0 Å². The number of rotatable bonds is 6. The summed E-state index contributed by atoms with van der Waals surface area (Å²) >= 11 is -1.78. The number of aliphatic hydroxyl groups is 1. The fraction of sp³-hybridized carbons (Fsp3) is 0.852. The molecule has 0 aromatic rings. The first-order valence-electron chi connectivity index (χ1n) is 12.6. The molecule has 0 aromatic carbocycles. The van der Waals surface area contributed by atoms with Crippen molar-refractivity contribution in [2.45, 2.75) is 97.3 Å². The van der Waals surface area contributed by atoms with Crippen molar-refractivity contribution < 1.29 is 5.11 Å². The molecule has 1 saturated heterocycles. The van der Waals surface area contributed by atoms with Crippen molar-refractivity contribution in [1.82, 2.24) is 0 Å². The topological polar surface area (TPSA) is 20.2 Å². The van der Waals surface area contributed by atoms with E-state index >= 15 is 0 Å². The third-order valence-electron chi connectivity index (χ3n) is 10.4. The molecule has 29 heavy (non-hydrogen) atoms. The van der Waals surface area contributed by atoms with Crippen molar-refractivity contribution in [3.8, 4) is 0 Å². The summed E-state index contributed by atoms with van der Waals surface area (Å²) in [7, 11) is 0. The third kappa shape index (κ3) is 3.18. The van der Waals surface area contributed by atoms with E-state index in [1.807, 2.05) is 0 Å². The van der Waals surface area contributed by atoms with Gasteiger partial charge < -0.3 is 0 Å². The van der Waals surface area contributed by atoms with Gasteiger partial charge in [-0.3, -0.25) is 0 Å². The Kier molecular flexibility index (Phi) is 6.44. The molecule has 7 atom stereocenters. The van der Waals surface area contributed by atoms with Crippen LogP contribution in [-0.2, 0) is 0 Å². The fourth-order valence-corrected chi connectivity index (χ4v) is 19.2. The van der Waals surface area contributed by atoms with Crippen LogP contribution in [0.4, 0.5) is 0 Å². The molecule has 0 bridgehead atoms. The van der Waals surface area contributed by atoms with E-state index in [2.05, 4.69) is 46.1 Å². The van der Waals surface area contributed by atoms with Crippen molar-refractivity contribution in [1.29, 1.82) is 0 Å². The van der Waals surface area contributed by atoms with Gasteiger partial charge in [0.25, 0.3) is 0 Å². The van der Waals surface area contributed by atoms with Gasteiger partial charge in [-0.05, 0) is 0 Å². The average Bonchev–Trinajstić information content (AvgIpc) is 3.12. The summed E-state index contributed by atoms with van der Waals surface area (Å²) < 4.78 is 2.31. The van der Waals surface area contributed by atoms with Crippen molar-refractivity contribution in [2.75, 3.05) is 0 Å². The van der Waals surface area contributed by atoms with E-state index in [1.165, 1.54) is 53.7 Å². The van der Waals surface area contributed by atoms with Crippen molar-refractivity contribution in [3.63, 3.8) is 0 Å². The van der Waals surface area contributed by atoms with Gasteiger partial charge in [-0.2, -0.15) is 0 Å². The maximum atomic E-state index is 12.5. The molecule has 2 unspecified atom stereocenters. The van der Waals surface area contributed by atoms with Gasteiger partial charge >= 0.3 is 188 Å². The molecule has 164 valence electrons. The van der Waals surface area contributed by atoms with Crippen LogP contribution in [-0.4, -0.2) is 28.9 Å². The summed E-state index contributed by atoms with van der Waals surface area (Å²) in [4.78, 5) is 0. The Morgan fingerprint density at radius 3 is 2.34 bits per heavy atom. The summed E-state index contributed by atoms with van der Waals surface area (Å²) in [6, 6.07) is 0. The second-order valence-corrected chi connectivity index (χ2v) is 19.3. The monoisotopic (exact) mass is 506 g/mol.